The van der Waals surface area contributed by atoms with E-state index >= 15 is 0 Å². The van der Waals surface area contributed by atoms with Gasteiger partial charge in [0, 0.05) is 6.42 Å². The molecule has 122 valence electrons. The van der Waals surface area contributed by atoms with E-state index in [9.17, 15) is 9.70 Å². The van der Waals surface area contributed by atoms with Gasteiger partial charge in [0.2, 0.25) is 5.91 Å². The zero-order chi connectivity index (χ0) is 16.5. The van der Waals surface area contributed by atoms with E-state index in [-0.39, 0.29) is 11.9 Å². The van der Waals surface area contributed by atoms with Crippen molar-refractivity contribution in [2.75, 3.05) is 0 Å². The number of amides is 1. The van der Waals surface area contributed by atoms with Crippen molar-refractivity contribution in [3.63, 3.8) is 0 Å². The van der Waals surface area contributed by atoms with Crippen LogP contribution in [0.25, 0.3) is 10.8 Å². The lowest BCUT2D eigenvalue weighted by Crippen LogP contribution is -2.17. The maximum atomic E-state index is 11.2. The molecule has 0 saturated carbocycles. The molecule has 5 nitrogen and oxygen atoms in total. The van der Waals surface area contributed by atoms with E-state index in [1.54, 1.807) is 5.48 Å². The quantitative estimate of drug-likeness (QED) is 0.310. The van der Waals surface area contributed by atoms with E-state index in [0.717, 1.165) is 42.0 Å². The molecule has 0 fully saturated rings. The van der Waals surface area contributed by atoms with Crippen LogP contribution in [-0.2, 0) is 4.79 Å². The fourth-order valence-electron chi connectivity index (χ4n) is 2.73. The Hall–Kier alpha value is -2.27. The fraction of sp³-hybridized carbons (Fsp3) is 0.389. The minimum Gasteiger partial charge on any atom is -0.289 e. The first-order valence-corrected chi connectivity index (χ1v) is 7.98. The van der Waals surface area contributed by atoms with E-state index in [1.807, 2.05) is 42.5 Å². The minimum atomic E-state index is -0.353. The zero-order valence-corrected chi connectivity index (χ0v) is 13.1. The molecule has 0 heterocycles. The van der Waals surface area contributed by atoms with Gasteiger partial charge in [-0.25, -0.2) is 5.48 Å². The highest BCUT2D eigenvalue weighted by molar-refractivity contribution is 5.83. The van der Waals surface area contributed by atoms with Crippen LogP contribution in [0.1, 0.15) is 50.1 Å². The molecule has 2 aromatic rings. The van der Waals surface area contributed by atoms with Crippen LogP contribution in [0.4, 0.5) is 0 Å². The van der Waals surface area contributed by atoms with Gasteiger partial charge >= 0.3 is 0 Å². The summed E-state index contributed by atoms with van der Waals surface area (Å²) in [5.41, 5.74) is 2.58. The smallest absolute Gasteiger partial charge is 0.243 e. The normalized spacial score (nSPS) is 12.0. The minimum absolute atomic E-state index is 0.319. The van der Waals surface area contributed by atoms with Crippen molar-refractivity contribution >= 4 is 16.7 Å². The van der Waals surface area contributed by atoms with Gasteiger partial charge in [-0.15, -0.1) is 0 Å². The molecule has 1 unspecified atom stereocenters. The third kappa shape index (κ3) is 5.14. The van der Waals surface area contributed by atoms with Crippen LogP contribution in [0.5, 0.6) is 0 Å². The number of nitrogens with one attached hydrogen (secondary N) is 1. The largest absolute Gasteiger partial charge is 0.289 e. The Morgan fingerprint density at radius 1 is 1.04 bits per heavy atom. The number of unbranched alkanes of at least 4 members (excludes halogenated alkanes) is 3. The average Bonchev–Trinajstić information content (AvgIpc) is 2.60. The molecular formula is C18H22N2O3. The maximum absolute atomic E-state index is 11.2. The molecule has 0 aliphatic heterocycles. The first-order chi connectivity index (χ1) is 11.2. The van der Waals surface area contributed by atoms with Crippen molar-refractivity contribution in [2.45, 2.75) is 44.6 Å². The molecule has 0 bridgehead atoms. The number of carbonyl (C=O) groups is 1. The number of nitroso groups, excluding NO2 is 1. The van der Waals surface area contributed by atoms with Crippen molar-refractivity contribution in [1.29, 1.82) is 0 Å². The monoisotopic (exact) mass is 314 g/mol. The van der Waals surface area contributed by atoms with Crippen LogP contribution in [-0.4, -0.2) is 11.1 Å². The van der Waals surface area contributed by atoms with E-state index in [4.69, 9.17) is 5.21 Å². The molecular weight excluding hydrogens is 292 g/mol. The topological polar surface area (TPSA) is 78.8 Å². The summed E-state index contributed by atoms with van der Waals surface area (Å²) in [5, 5.41) is 13.9. The van der Waals surface area contributed by atoms with Crippen molar-refractivity contribution in [3.8, 4) is 0 Å². The lowest BCUT2D eigenvalue weighted by atomic mass is 9.98. The Kier molecular flexibility index (Phi) is 6.69. The van der Waals surface area contributed by atoms with Crippen LogP contribution in [0.3, 0.4) is 0 Å². The van der Waals surface area contributed by atoms with Crippen LogP contribution in [0, 0.1) is 4.91 Å². The average molecular weight is 314 g/mol. The summed E-state index contributed by atoms with van der Waals surface area (Å²) in [6, 6.07) is 13.8. The Labute approximate surface area is 135 Å². The molecule has 0 saturated heterocycles. The molecule has 2 N–H and O–H groups in total. The summed E-state index contributed by atoms with van der Waals surface area (Å²) >= 11 is 0. The Balaban J connectivity index is 1.82. The van der Waals surface area contributed by atoms with E-state index in [1.165, 1.54) is 0 Å². The first kappa shape index (κ1) is 17.1. The van der Waals surface area contributed by atoms with Crippen molar-refractivity contribution in [2.24, 2.45) is 5.18 Å². The molecule has 23 heavy (non-hydrogen) atoms. The molecule has 0 aliphatic carbocycles. The van der Waals surface area contributed by atoms with Crippen molar-refractivity contribution in [1.82, 2.24) is 5.48 Å². The second-order valence-electron chi connectivity index (χ2n) is 5.72. The third-order valence-electron chi connectivity index (χ3n) is 4.04. The van der Waals surface area contributed by atoms with Gasteiger partial charge in [0.05, 0.1) is 0 Å². The van der Waals surface area contributed by atoms with E-state index < -0.39 is 0 Å². The predicted molar refractivity (Wildman–Crippen MR) is 90.1 cm³/mol. The van der Waals surface area contributed by atoms with Gasteiger partial charge < -0.3 is 0 Å². The highest BCUT2D eigenvalue weighted by Gasteiger charge is 2.12. The Morgan fingerprint density at radius 3 is 2.52 bits per heavy atom. The van der Waals surface area contributed by atoms with Crippen molar-refractivity contribution in [3.05, 3.63) is 52.9 Å². The van der Waals surface area contributed by atoms with E-state index in [2.05, 4.69) is 5.18 Å². The highest BCUT2D eigenvalue weighted by Crippen LogP contribution is 2.27. The van der Waals surface area contributed by atoms with Gasteiger partial charge in [0.1, 0.15) is 6.04 Å². The number of benzene rings is 2. The summed E-state index contributed by atoms with van der Waals surface area (Å²) in [5.74, 6) is -0.353. The van der Waals surface area contributed by atoms with Crippen LogP contribution in [0.2, 0.25) is 0 Å². The van der Waals surface area contributed by atoms with Crippen molar-refractivity contribution < 1.29 is 10.0 Å². The molecule has 1 amide bonds. The van der Waals surface area contributed by atoms with Gasteiger partial charge in [-0.1, -0.05) is 60.8 Å². The molecule has 2 aromatic carbocycles. The van der Waals surface area contributed by atoms with Gasteiger partial charge in [0.25, 0.3) is 0 Å². The summed E-state index contributed by atoms with van der Waals surface area (Å²) in [4.78, 5) is 22.0. The van der Waals surface area contributed by atoms with Crippen LogP contribution >= 0.6 is 0 Å². The number of nitrogens with zero attached hydrogens (tertiary/aromatic N) is 1. The van der Waals surface area contributed by atoms with Crippen LogP contribution in [0.15, 0.2) is 47.6 Å². The second kappa shape index (κ2) is 9.00. The van der Waals surface area contributed by atoms with E-state index in [0.29, 0.717) is 12.8 Å². The Morgan fingerprint density at radius 2 is 1.78 bits per heavy atom. The number of hydrogen-bond acceptors (Lipinski definition) is 4. The Bertz CT molecular complexity index is 658. The lowest BCUT2D eigenvalue weighted by molar-refractivity contribution is -0.129. The maximum Gasteiger partial charge on any atom is 0.243 e. The zero-order valence-electron chi connectivity index (χ0n) is 13.1. The number of hydrogen-bond donors (Lipinski definition) is 2. The van der Waals surface area contributed by atoms with Crippen LogP contribution < -0.4 is 5.48 Å². The number of fused-ring (bicyclic) bond motifs is 1. The first-order valence-electron chi connectivity index (χ1n) is 7.98. The standard InChI is InChI=1S/C18H22N2O3/c21-18(20-23)10-4-2-1-3-9-17(19-22)16-12-11-14-7-5-6-8-15(14)13-16/h5-8,11-13,17,23H,1-4,9-10H2,(H,20,21). The van der Waals surface area contributed by atoms with Gasteiger partial charge in [-0.05, 0) is 35.2 Å². The summed E-state index contributed by atoms with van der Waals surface area (Å²) in [7, 11) is 0. The second-order valence-corrected chi connectivity index (χ2v) is 5.72. The van der Waals surface area contributed by atoms with Gasteiger partial charge in [-0.2, -0.15) is 4.91 Å². The SMILES string of the molecule is O=NC(CCCCCCC(=O)NO)c1ccc2ccccc2c1. The molecule has 0 aromatic heterocycles. The summed E-state index contributed by atoms with van der Waals surface area (Å²) in [6.45, 7) is 0. The number of hydroxylamine groups is 1. The molecule has 1 atom stereocenters. The highest BCUT2D eigenvalue weighted by atomic mass is 16.5. The fourth-order valence-corrected chi connectivity index (χ4v) is 2.73. The molecule has 0 spiro atoms. The third-order valence-corrected chi connectivity index (χ3v) is 4.04. The lowest BCUT2D eigenvalue weighted by Gasteiger charge is -2.10. The molecule has 0 aliphatic rings. The predicted octanol–water partition coefficient (Wildman–Crippen LogP) is 4.49. The number of rotatable bonds is 9. The molecule has 5 heteroatoms. The number of carbonyl (C=O) groups excluding carboxylic acids is 1. The summed E-state index contributed by atoms with van der Waals surface area (Å²) in [6.07, 6.45) is 4.52. The molecule has 2 rings (SSSR count). The van der Waals surface area contributed by atoms with Gasteiger partial charge in [0.15, 0.2) is 0 Å². The van der Waals surface area contributed by atoms with Gasteiger partial charge in [-0.3, -0.25) is 10.0 Å². The molecule has 0 radical (unpaired) electrons. The summed E-state index contributed by atoms with van der Waals surface area (Å²) < 4.78 is 0.